The number of anilines is 1. The number of hydrogen-bond donors (Lipinski definition) is 1. The summed E-state index contributed by atoms with van der Waals surface area (Å²) in [5.74, 6) is 3.08. The van der Waals surface area contributed by atoms with Gasteiger partial charge >= 0.3 is 0 Å². The van der Waals surface area contributed by atoms with Gasteiger partial charge in [0, 0.05) is 29.0 Å². The van der Waals surface area contributed by atoms with Gasteiger partial charge in [0.15, 0.2) is 5.11 Å². The molecule has 0 amide bonds. The molecule has 5 aromatic rings. The summed E-state index contributed by atoms with van der Waals surface area (Å²) < 4.78 is 19.0. The molecule has 7 nitrogen and oxygen atoms in total. The largest absolute Gasteiger partial charge is 0.497 e. The van der Waals surface area contributed by atoms with E-state index >= 15 is 0 Å². The van der Waals surface area contributed by atoms with Crippen LogP contribution in [0.5, 0.6) is 23.0 Å². The summed E-state index contributed by atoms with van der Waals surface area (Å²) in [4.78, 5) is 6.90. The Morgan fingerprint density at radius 2 is 1.31 bits per heavy atom. The minimum Gasteiger partial charge on any atom is -0.497 e. The standard InChI is InChI=1S/C34H32N4O3S/c1-22-21-30(23(2)37(22)24-8-12-26(39-3)13-9-24)33-32(31-7-5-6-20-35-31)36-34(42)38(33)25-10-14-28(15-11-25)41-29-18-16-27(40-4)17-19-29/h5-21,32-33H,1-4H3,(H,36,42)/t32-,33-/m0/s1. The summed E-state index contributed by atoms with van der Waals surface area (Å²) in [5, 5.41) is 4.22. The van der Waals surface area contributed by atoms with E-state index in [-0.39, 0.29) is 12.1 Å². The van der Waals surface area contributed by atoms with Crippen molar-refractivity contribution in [2.24, 2.45) is 0 Å². The van der Waals surface area contributed by atoms with Crippen molar-refractivity contribution in [3.63, 3.8) is 0 Å². The van der Waals surface area contributed by atoms with Crippen LogP contribution in [-0.2, 0) is 0 Å². The summed E-state index contributed by atoms with van der Waals surface area (Å²) in [6, 6.07) is 31.7. The van der Waals surface area contributed by atoms with Gasteiger partial charge in [-0.3, -0.25) is 4.98 Å². The molecule has 1 aliphatic heterocycles. The van der Waals surface area contributed by atoms with Crippen molar-refractivity contribution in [1.29, 1.82) is 0 Å². The monoisotopic (exact) mass is 576 g/mol. The molecule has 0 radical (unpaired) electrons. The van der Waals surface area contributed by atoms with Crippen molar-refractivity contribution >= 4 is 23.0 Å². The summed E-state index contributed by atoms with van der Waals surface area (Å²) in [6.45, 7) is 4.29. The van der Waals surface area contributed by atoms with Crippen LogP contribution >= 0.6 is 12.2 Å². The maximum absolute atomic E-state index is 6.08. The van der Waals surface area contributed by atoms with E-state index in [9.17, 15) is 0 Å². The van der Waals surface area contributed by atoms with Gasteiger partial charge in [-0.1, -0.05) is 6.07 Å². The van der Waals surface area contributed by atoms with E-state index in [2.05, 4.69) is 46.8 Å². The Labute approximate surface area is 251 Å². The average molecular weight is 577 g/mol. The molecule has 1 fully saturated rings. The molecular formula is C34H32N4O3S. The van der Waals surface area contributed by atoms with Crippen LogP contribution in [0.1, 0.15) is 34.7 Å². The minimum atomic E-state index is -0.140. The molecule has 0 unspecified atom stereocenters. The van der Waals surface area contributed by atoms with E-state index in [0.29, 0.717) is 5.11 Å². The Kier molecular flexibility index (Phi) is 7.54. The lowest BCUT2D eigenvalue weighted by atomic mass is 9.96. The van der Waals surface area contributed by atoms with Crippen molar-refractivity contribution in [2.75, 3.05) is 19.1 Å². The first-order chi connectivity index (χ1) is 20.5. The summed E-state index contributed by atoms with van der Waals surface area (Å²) in [5.41, 5.74) is 6.41. The number of hydrogen-bond acceptors (Lipinski definition) is 5. The molecule has 1 N–H and O–H groups in total. The fraction of sp³-hybridized carbons (Fsp3) is 0.176. The number of nitrogens with zero attached hydrogens (tertiary/aromatic N) is 3. The molecule has 2 aromatic heterocycles. The first-order valence-corrected chi connectivity index (χ1v) is 14.1. The van der Waals surface area contributed by atoms with E-state index in [4.69, 9.17) is 31.4 Å². The molecule has 6 rings (SSSR count). The predicted octanol–water partition coefficient (Wildman–Crippen LogP) is 7.48. The van der Waals surface area contributed by atoms with Gasteiger partial charge in [0.05, 0.1) is 32.0 Å². The molecule has 0 saturated carbocycles. The average Bonchev–Trinajstić information content (AvgIpc) is 3.52. The molecule has 0 bridgehead atoms. The van der Waals surface area contributed by atoms with Crippen LogP contribution in [0.2, 0.25) is 0 Å². The van der Waals surface area contributed by atoms with Crippen molar-refractivity contribution in [3.8, 4) is 28.7 Å². The number of benzene rings is 3. The Morgan fingerprint density at radius 3 is 1.90 bits per heavy atom. The number of nitrogens with one attached hydrogen (secondary N) is 1. The third-order valence-corrected chi connectivity index (χ3v) is 7.94. The number of rotatable bonds is 8. The van der Waals surface area contributed by atoms with Crippen molar-refractivity contribution in [3.05, 3.63) is 126 Å². The third kappa shape index (κ3) is 5.17. The highest BCUT2D eigenvalue weighted by Crippen LogP contribution is 2.44. The molecule has 212 valence electrons. The van der Waals surface area contributed by atoms with E-state index in [1.54, 1.807) is 14.2 Å². The van der Waals surface area contributed by atoms with Gasteiger partial charge in [0.2, 0.25) is 0 Å². The predicted molar refractivity (Wildman–Crippen MR) is 169 cm³/mol. The number of aryl methyl sites for hydroxylation is 1. The Hall–Kier alpha value is -4.82. The minimum absolute atomic E-state index is 0.126. The lowest BCUT2D eigenvalue weighted by Gasteiger charge is -2.28. The maximum Gasteiger partial charge on any atom is 0.174 e. The van der Waals surface area contributed by atoms with Crippen molar-refractivity contribution in [1.82, 2.24) is 14.9 Å². The van der Waals surface area contributed by atoms with Crippen LogP contribution in [0.15, 0.2) is 103 Å². The Bertz CT molecular complexity index is 1680. The zero-order valence-electron chi connectivity index (χ0n) is 23.9. The molecule has 3 heterocycles. The van der Waals surface area contributed by atoms with Crippen molar-refractivity contribution in [2.45, 2.75) is 25.9 Å². The zero-order valence-corrected chi connectivity index (χ0v) is 24.8. The molecule has 3 aromatic carbocycles. The second-order valence-electron chi connectivity index (χ2n) is 10.1. The fourth-order valence-electron chi connectivity index (χ4n) is 5.62. The maximum atomic E-state index is 6.08. The first kappa shape index (κ1) is 27.4. The van der Waals surface area contributed by atoms with Gasteiger partial charge in [-0.15, -0.1) is 0 Å². The second kappa shape index (κ2) is 11.6. The summed E-state index contributed by atoms with van der Waals surface area (Å²) in [6.07, 6.45) is 1.83. The Balaban J connectivity index is 1.37. The normalized spacial score (nSPS) is 16.3. The van der Waals surface area contributed by atoms with Crippen LogP contribution in [-0.4, -0.2) is 28.9 Å². The SMILES string of the molecule is COc1ccc(Oc2ccc(N3C(=S)N[C@@H](c4ccccn4)[C@@H]3c3cc(C)n(-c4ccc(OC)cc4)c3C)cc2)cc1. The number of aromatic nitrogens is 2. The van der Waals surface area contributed by atoms with E-state index in [0.717, 1.165) is 51.5 Å². The topological polar surface area (TPSA) is 60.8 Å². The van der Waals surface area contributed by atoms with E-state index in [1.165, 1.54) is 5.56 Å². The number of thiocarbonyl (C=S) groups is 1. The van der Waals surface area contributed by atoms with Crippen LogP contribution in [0.25, 0.3) is 5.69 Å². The van der Waals surface area contributed by atoms with Gasteiger partial charge < -0.3 is 29.0 Å². The highest BCUT2D eigenvalue weighted by Gasteiger charge is 2.42. The van der Waals surface area contributed by atoms with Gasteiger partial charge in [0.25, 0.3) is 0 Å². The van der Waals surface area contributed by atoms with Gasteiger partial charge in [-0.2, -0.15) is 0 Å². The first-order valence-electron chi connectivity index (χ1n) is 13.7. The molecular weight excluding hydrogens is 544 g/mol. The molecule has 0 spiro atoms. The van der Waals surface area contributed by atoms with Crippen LogP contribution < -0.4 is 24.4 Å². The number of ether oxygens (including phenoxy) is 3. The Morgan fingerprint density at radius 1 is 0.738 bits per heavy atom. The smallest absolute Gasteiger partial charge is 0.174 e. The van der Waals surface area contributed by atoms with Crippen LogP contribution in [0, 0.1) is 13.8 Å². The lowest BCUT2D eigenvalue weighted by molar-refractivity contribution is 0.413. The highest BCUT2D eigenvalue weighted by atomic mass is 32.1. The van der Waals surface area contributed by atoms with Crippen LogP contribution in [0.3, 0.4) is 0 Å². The number of methoxy groups -OCH3 is 2. The second-order valence-corrected chi connectivity index (χ2v) is 10.5. The number of pyridine rings is 1. The zero-order chi connectivity index (χ0) is 29.2. The molecule has 1 aliphatic rings. The van der Waals surface area contributed by atoms with E-state index in [1.807, 2.05) is 85.1 Å². The fourth-order valence-corrected chi connectivity index (χ4v) is 5.97. The quantitative estimate of drug-likeness (QED) is 0.192. The molecule has 2 atom stereocenters. The molecule has 8 heteroatoms. The van der Waals surface area contributed by atoms with Crippen LogP contribution in [0.4, 0.5) is 5.69 Å². The molecule has 0 aliphatic carbocycles. The third-order valence-electron chi connectivity index (χ3n) is 7.63. The highest BCUT2D eigenvalue weighted by molar-refractivity contribution is 7.80. The summed E-state index contributed by atoms with van der Waals surface area (Å²) >= 11 is 5.97. The van der Waals surface area contributed by atoms with Crippen molar-refractivity contribution < 1.29 is 14.2 Å². The van der Waals surface area contributed by atoms with Gasteiger partial charge in [0.1, 0.15) is 23.0 Å². The lowest BCUT2D eigenvalue weighted by Crippen LogP contribution is -2.29. The summed E-state index contributed by atoms with van der Waals surface area (Å²) in [7, 11) is 3.33. The van der Waals surface area contributed by atoms with Gasteiger partial charge in [-0.25, -0.2) is 0 Å². The van der Waals surface area contributed by atoms with E-state index < -0.39 is 0 Å². The van der Waals surface area contributed by atoms with Gasteiger partial charge in [-0.05, 0) is 123 Å². The molecule has 1 saturated heterocycles. The molecule has 42 heavy (non-hydrogen) atoms.